The van der Waals surface area contributed by atoms with Crippen LogP contribution in [0.25, 0.3) is 21.1 Å². The lowest BCUT2D eigenvalue weighted by molar-refractivity contribution is 0.0996. The Hall–Kier alpha value is -2.70. The van der Waals surface area contributed by atoms with E-state index in [9.17, 15) is 4.79 Å². The number of amides is 1. The average molecular weight is 366 g/mol. The molecule has 0 bridgehead atoms. The Labute approximate surface area is 152 Å². The first kappa shape index (κ1) is 15.8. The van der Waals surface area contributed by atoms with Crippen LogP contribution in [0.1, 0.15) is 15.4 Å². The highest BCUT2D eigenvalue weighted by atomic mass is 32.1. The minimum Gasteiger partial charge on any atom is -0.459 e. The van der Waals surface area contributed by atoms with Crippen molar-refractivity contribution in [3.05, 3.63) is 70.8 Å². The molecule has 0 unspecified atom stereocenters. The summed E-state index contributed by atoms with van der Waals surface area (Å²) >= 11 is 3.36. The summed E-state index contributed by atoms with van der Waals surface area (Å²) in [5.41, 5.74) is 2.75. The molecule has 0 spiro atoms. The van der Waals surface area contributed by atoms with E-state index in [-0.39, 0.29) is 5.91 Å². The minimum atomic E-state index is -0.262. The van der Waals surface area contributed by atoms with Gasteiger partial charge in [-0.15, -0.1) is 22.7 Å². The third-order valence-electron chi connectivity index (χ3n) is 3.63. The maximum Gasteiger partial charge on any atom is 0.291 e. The highest BCUT2D eigenvalue weighted by Gasteiger charge is 2.10. The summed E-state index contributed by atoms with van der Waals surface area (Å²) in [4.78, 5) is 19.2. The monoisotopic (exact) mass is 366 g/mol. The molecule has 1 N–H and O–H groups in total. The number of benzene rings is 1. The van der Waals surface area contributed by atoms with Gasteiger partial charge in [-0.25, -0.2) is 4.98 Å². The number of thiazole rings is 1. The molecule has 1 amide bonds. The average Bonchev–Trinajstić information content (AvgIpc) is 3.37. The number of hydrogen-bond acceptors (Lipinski definition) is 5. The molecule has 1 aromatic carbocycles. The van der Waals surface area contributed by atoms with Gasteiger partial charge in [0.1, 0.15) is 5.01 Å². The van der Waals surface area contributed by atoms with Crippen LogP contribution in [0.3, 0.4) is 0 Å². The Morgan fingerprint density at radius 3 is 2.64 bits per heavy atom. The topological polar surface area (TPSA) is 55.1 Å². The highest BCUT2D eigenvalue weighted by molar-refractivity contribution is 7.16. The molecule has 3 heterocycles. The van der Waals surface area contributed by atoms with Crippen molar-refractivity contribution in [3.8, 4) is 21.1 Å². The first-order chi connectivity index (χ1) is 12.2. The number of aryl methyl sites for hydroxylation is 1. The van der Waals surface area contributed by atoms with Gasteiger partial charge >= 0.3 is 0 Å². The van der Waals surface area contributed by atoms with Crippen molar-refractivity contribution in [1.82, 2.24) is 4.98 Å². The van der Waals surface area contributed by atoms with Crippen molar-refractivity contribution in [2.45, 2.75) is 6.92 Å². The fourth-order valence-corrected chi connectivity index (χ4v) is 4.12. The summed E-state index contributed by atoms with van der Waals surface area (Å²) in [5.74, 6) is 0.0298. The molecule has 0 aliphatic carbocycles. The maximum atomic E-state index is 12.0. The lowest BCUT2D eigenvalue weighted by Gasteiger charge is -2.04. The maximum absolute atomic E-state index is 12.0. The molecule has 6 heteroatoms. The number of anilines is 1. The molecular weight excluding hydrogens is 352 g/mol. The Bertz CT molecular complexity index is 998. The van der Waals surface area contributed by atoms with Crippen molar-refractivity contribution >= 4 is 34.3 Å². The number of furan rings is 1. The number of aromatic nitrogens is 1. The molecule has 0 saturated carbocycles. The predicted molar refractivity (Wildman–Crippen MR) is 102 cm³/mol. The van der Waals surface area contributed by atoms with Gasteiger partial charge in [-0.3, -0.25) is 4.79 Å². The van der Waals surface area contributed by atoms with E-state index in [2.05, 4.69) is 29.8 Å². The zero-order valence-corrected chi connectivity index (χ0v) is 15.0. The van der Waals surface area contributed by atoms with E-state index in [1.54, 1.807) is 34.8 Å². The van der Waals surface area contributed by atoms with Gasteiger partial charge in [0.25, 0.3) is 5.91 Å². The van der Waals surface area contributed by atoms with Crippen LogP contribution in [0.15, 0.2) is 64.6 Å². The van der Waals surface area contributed by atoms with Crippen LogP contribution in [0.2, 0.25) is 0 Å². The summed E-state index contributed by atoms with van der Waals surface area (Å²) in [6.45, 7) is 2.09. The van der Waals surface area contributed by atoms with Gasteiger partial charge in [-0.1, -0.05) is 0 Å². The van der Waals surface area contributed by atoms with Crippen LogP contribution in [0, 0.1) is 6.92 Å². The van der Waals surface area contributed by atoms with Crippen LogP contribution in [-0.4, -0.2) is 10.9 Å². The minimum absolute atomic E-state index is 0.262. The predicted octanol–water partition coefficient (Wildman–Crippen LogP) is 5.69. The zero-order chi connectivity index (χ0) is 17.2. The SMILES string of the molecule is Cc1ccc(-c2csc(-c3ccc(NC(=O)c4ccco4)cc3)n2)s1. The van der Waals surface area contributed by atoms with E-state index >= 15 is 0 Å². The standard InChI is InChI=1S/C19H14N2O2S2/c1-12-4-9-17(25-12)15-11-24-19(21-15)13-5-7-14(8-6-13)20-18(22)16-3-2-10-23-16/h2-11H,1H3,(H,20,22). The van der Waals surface area contributed by atoms with E-state index < -0.39 is 0 Å². The molecule has 3 aromatic heterocycles. The van der Waals surface area contributed by atoms with Gasteiger partial charge in [-0.05, 0) is 55.5 Å². The van der Waals surface area contributed by atoms with E-state index in [4.69, 9.17) is 9.40 Å². The molecule has 0 saturated heterocycles. The first-order valence-corrected chi connectivity index (χ1v) is 9.36. The third-order valence-corrected chi connectivity index (χ3v) is 5.55. The third kappa shape index (κ3) is 3.40. The molecule has 4 rings (SSSR count). The molecule has 0 atom stereocenters. The summed E-state index contributed by atoms with van der Waals surface area (Å²) in [6.07, 6.45) is 1.48. The molecule has 0 radical (unpaired) electrons. The van der Waals surface area contributed by atoms with Crippen LogP contribution in [-0.2, 0) is 0 Å². The largest absolute Gasteiger partial charge is 0.459 e. The van der Waals surface area contributed by atoms with Crippen molar-refractivity contribution in [3.63, 3.8) is 0 Å². The summed E-state index contributed by atoms with van der Waals surface area (Å²) in [5, 5.41) is 5.85. The number of thiophene rings is 1. The molecule has 0 aliphatic heterocycles. The lowest BCUT2D eigenvalue weighted by Crippen LogP contribution is -2.10. The Balaban J connectivity index is 1.50. The number of rotatable bonds is 4. The van der Waals surface area contributed by atoms with E-state index in [0.717, 1.165) is 22.0 Å². The quantitative estimate of drug-likeness (QED) is 0.504. The van der Waals surface area contributed by atoms with Gasteiger partial charge < -0.3 is 9.73 Å². The molecule has 0 fully saturated rings. The van der Waals surface area contributed by atoms with E-state index in [1.165, 1.54) is 16.0 Å². The molecule has 0 aliphatic rings. The second kappa shape index (κ2) is 6.66. The van der Waals surface area contributed by atoms with Crippen LogP contribution in [0.4, 0.5) is 5.69 Å². The number of nitrogens with zero attached hydrogens (tertiary/aromatic N) is 1. The Kier molecular flexibility index (Phi) is 4.21. The Morgan fingerprint density at radius 2 is 1.96 bits per heavy atom. The van der Waals surface area contributed by atoms with E-state index in [1.807, 2.05) is 24.3 Å². The zero-order valence-electron chi connectivity index (χ0n) is 13.4. The summed E-state index contributed by atoms with van der Waals surface area (Å²) < 4.78 is 5.09. The fourth-order valence-electron chi connectivity index (χ4n) is 2.39. The number of carbonyl (C=O) groups is 1. The second-order valence-corrected chi connectivity index (χ2v) is 7.60. The Morgan fingerprint density at radius 1 is 1.12 bits per heavy atom. The summed E-state index contributed by atoms with van der Waals surface area (Å²) in [7, 11) is 0. The molecule has 4 nitrogen and oxygen atoms in total. The molecule has 25 heavy (non-hydrogen) atoms. The summed E-state index contributed by atoms with van der Waals surface area (Å²) in [6, 6.07) is 15.2. The van der Waals surface area contributed by atoms with Crippen molar-refractivity contribution in [2.75, 3.05) is 5.32 Å². The fraction of sp³-hybridized carbons (Fsp3) is 0.0526. The smallest absolute Gasteiger partial charge is 0.291 e. The van der Waals surface area contributed by atoms with Gasteiger partial charge in [0.2, 0.25) is 0 Å². The van der Waals surface area contributed by atoms with Gasteiger partial charge in [-0.2, -0.15) is 0 Å². The van der Waals surface area contributed by atoms with Crippen molar-refractivity contribution in [2.24, 2.45) is 0 Å². The van der Waals surface area contributed by atoms with Crippen LogP contribution >= 0.6 is 22.7 Å². The first-order valence-electron chi connectivity index (χ1n) is 7.67. The molecular formula is C19H14N2O2S2. The van der Waals surface area contributed by atoms with Crippen molar-refractivity contribution < 1.29 is 9.21 Å². The van der Waals surface area contributed by atoms with Gasteiger partial charge in [0.05, 0.1) is 16.8 Å². The highest BCUT2D eigenvalue weighted by Crippen LogP contribution is 2.32. The number of hydrogen-bond donors (Lipinski definition) is 1. The lowest BCUT2D eigenvalue weighted by atomic mass is 10.2. The van der Waals surface area contributed by atoms with Gasteiger partial charge in [0.15, 0.2) is 5.76 Å². The molecule has 124 valence electrons. The van der Waals surface area contributed by atoms with Crippen LogP contribution < -0.4 is 5.32 Å². The van der Waals surface area contributed by atoms with Crippen LogP contribution in [0.5, 0.6) is 0 Å². The molecule has 4 aromatic rings. The van der Waals surface area contributed by atoms with Crippen molar-refractivity contribution in [1.29, 1.82) is 0 Å². The number of carbonyl (C=O) groups excluding carboxylic acids is 1. The second-order valence-electron chi connectivity index (χ2n) is 5.46. The number of nitrogens with one attached hydrogen (secondary N) is 1. The van der Waals surface area contributed by atoms with E-state index in [0.29, 0.717) is 5.76 Å². The normalized spacial score (nSPS) is 10.8. The van der Waals surface area contributed by atoms with Gasteiger partial charge in [0, 0.05) is 21.5 Å².